The number of amides is 1. The molecule has 0 saturated carbocycles. The lowest BCUT2D eigenvalue weighted by Crippen LogP contribution is -2.20. The predicted octanol–water partition coefficient (Wildman–Crippen LogP) is 6.59. The van der Waals surface area contributed by atoms with E-state index in [1.165, 1.54) is 0 Å². The Bertz CT molecular complexity index is 1420. The maximum atomic E-state index is 13.5. The van der Waals surface area contributed by atoms with Gasteiger partial charge in [-0.3, -0.25) is 9.59 Å². The van der Waals surface area contributed by atoms with Crippen LogP contribution < -0.4 is 10.6 Å². The molecule has 2 aromatic rings. The van der Waals surface area contributed by atoms with E-state index in [0.29, 0.717) is 28.1 Å². The molecule has 1 aliphatic rings. The molecule has 2 N–H and O–H groups in total. The molecule has 0 atom stereocenters. The van der Waals surface area contributed by atoms with Gasteiger partial charge in [-0.05, 0) is 81.3 Å². The summed E-state index contributed by atoms with van der Waals surface area (Å²) in [6, 6.07) is 12.4. The average molecular weight is 523 g/mol. The van der Waals surface area contributed by atoms with E-state index in [9.17, 15) is 20.1 Å². The van der Waals surface area contributed by atoms with E-state index in [4.69, 9.17) is 0 Å². The highest BCUT2D eigenvalue weighted by Gasteiger charge is 2.33. The summed E-state index contributed by atoms with van der Waals surface area (Å²) in [5.74, 6) is -0.0203. The fourth-order valence-electron chi connectivity index (χ4n) is 5.24. The Morgan fingerprint density at radius 2 is 1.21 bits per heavy atom. The predicted molar refractivity (Wildman–Crippen MR) is 156 cm³/mol. The summed E-state index contributed by atoms with van der Waals surface area (Å²) in [6.45, 7) is 16.3. The number of nitriles is 2. The van der Waals surface area contributed by atoms with Crippen LogP contribution in [0, 0.1) is 22.7 Å². The normalized spacial score (nSPS) is 14.7. The van der Waals surface area contributed by atoms with Gasteiger partial charge in [0.25, 0.3) is 5.91 Å². The van der Waals surface area contributed by atoms with Crippen LogP contribution in [0.25, 0.3) is 11.4 Å². The third-order valence-electron chi connectivity index (χ3n) is 7.31. The number of nitrogens with zero attached hydrogens (tertiary/aromatic N) is 2. The Labute approximate surface area is 232 Å². The van der Waals surface area contributed by atoms with Crippen molar-refractivity contribution in [1.82, 2.24) is 10.6 Å². The lowest BCUT2D eigenvalue weighted by molar-refractivity contribution is -0.116. The molecule has 0 bridgehead atoms. The van der Waals surface area contributed by atoms with E-state index in [0.717, 1.165) is 34.1 Å². The molecule has 202 valence electrons. The average Bonchev–Trinajstić information content (AvgIpc) is 3.23. The van der Waals surface area contributed by atoms with Gasteiger partial charge in [-0.15, -0.1) is 0 Å². The summed E-state index contributed by atoms with van der Waals surface area (Å²) in [5, 5.41) is 25.9. The molecule has 39 heavy (non-hydrogen) atoms. The highest BCUT2D eigenvalue weighted by Crippen LogP contribution is 2.38. The van der Waals surface area contributed by atoms with Gasteiger partial charge in [0.15, 0.2) is 6.29 Å². The van der Waals surface area contributed by atoms with Crippen LogP contribution in [0.5, 0.6) is 0 Å². The molecule has 6 heteroatoms. The Morgan fingerprint density at radius 3 is 1.54 bits per heavy atom. The molecule has 1 heterocycles. The van der Waals surface area contributed by atoms with Gasteiger partial charge in [-0.1, -0.05) is 55.4 Å². The summed E-state index contributed by atoms with van der Waals surface area (Å²) in [5.41, 5.74) is 7.81. The third kappa shape index (κ3) is 5.38. The molecule has 0 saturated heterocycles. The van der Waals surface area contributed by atoms with Crippen molar-refractivity contribution >= 4 is 23.6 Å². The number of nitrogens with one attached hydrogen (secondary N) is 2. The second-order valence-corrected chi connectivity index (χ2v) is 11.3. The van der Waals surface area contributed by atoms with Gasteiger partial charge in [0, 0.05) is 7.05 Å². The van der Waals surface area contributed by atoms with Gasteiger partial charge in [0.1, 0.15) is 0 Å². The van der Waals surface area contributed by atoms with Crippen LogP contribution in [-0.2, 0) is 9.59 Å². The van der Waals surface area contributed by atoms with E-state index >= 15 is 0 Å². The summed E-state index contributed by atoms with van der Waals surface area (Å²) in [7, 11) is 1.73. The molecule has 3 rings (SSSR count). The Hall–Kier alpha value is -4.16. The highest BCUT2D eigenvalue weighted by molar-refractivity contribution is 6.21. The Balaban J connectivity index is 2.39. The van der Waals surface area contributed by atoms with Crippen molar-refractivity contribution in [3.63, 3.8) is 0 Å². The topological polar surface area (TPSA) is 106 Å². The number of hydrogen-bond acceptors (Lipinski definition) is 5. The van der Waals surface area contributed by atoms with Crippen LogP contribution in [0.15, 0.2) is 35.4 Å². The van der Waals surface area contributed by atoms with Crippen LogP contribution in [0.4, 0.5) is 0 Å². The number of benzene rings is 2. The van der Waals surface area contributed by atoms with Crippen LogP contribution in [0.2, 0.25) is 0 Å². The van der Waals surface area contributed by atoms with Crippen molar-refractivity contribution in [2.75, 3.05) is 7.05 Å². The van der Waals surface area contributed by atoms with Crippen LogP contribution in [-0.4, -0.2) is 19.2 Å². The van der Waals surface area contributed by atoms with Crippen molar-refractivity contribution in [2.45, 2.75) is 79.1 Å². The lowest BCUT2D eigenvalue weighted by atomic mass is 9.85. The second kappa shape index (κ2) is 11.7. The van der Waals surface area contributed by atoms with Crippen molar-refractivity contribution in [1.29, 1.82) is 10.5 Å². The zero-order chi connectivity index (χ0) is 29.2. The van der Waals surface area contributed by atoms with E-state index < -0.39 is 0 Å². The first-order chi connectivity index (χ1) is 18.4. The molecule has 0 fully saturated rings. The van der Waals surface area contributed by atoms with E-state index in [1.807, 2.05) is 79.7 Å². The smallest absolute Gasteiger partial charge is 0.258 e. The molecule has 0 aromatic heterocycles. The number of aldehydes is 1. The molecule has 1 amide bonds. The van der Waals surface area contributed by atoms with Gasteiger partial charge < -0.3 is 10.6 Å². The first kappa shape index (κ1) is 29.4. The molecule has 1 aliphatic heterocycles. The van der Waals surface area contributed by atoms with Gasteiger partial charge in [0.2, 0.25) is 0 Å². The molecule has 6 nitrogen and oxygen atoms in total. The number of carbonyl (C=O) groups excluding carboxylic acids is 2. The molecule has 0 unspecified atom stereocenters. The Kier molecular flexibility index (Phi) is 8.82. The van der Waals surface area contributed by atoms with Crippen molar-refractivity contribution < 1.29 is 9.59 Å². The number of hydrogen-bond donors (Lipinski definition) is 2. The van der Waals surface area contributed by atoms with Crippen LogP contribution in [0.3, 0.4) is 0 Å². The quantitative estimate of drug-likeness (QED) is 0.300. The lowest BCUT2D eigenvalue weighted by Gasteiger charge is -2.20. The molecule has 0 spiro atoms. The number of rotatable bonds is 8. The molecular weight excluding hydrogens is 484 g/mol. The fourth-order valence-corrected chi connectivity index (χ4v) is 5.24. The van der Waals surface area contributed by atoms with Crippen molar-refractivity contribution in [3.05, 3.63) is 79.9 Å². The van der Waals surface area contributed by atoms with Gasteiger partial charge in [-0.2, -0.15) is 10.5 Å². The summed E-state index contributed by atoms with van der Waals surface area (Å²) in [4.78, 5) is 26.1. The van der Waals surface area contributed by atoms with E-state index in [-0.39, 0.29) is 40.7 Å². The van der Waals surface area contributed by atoms with Gasteiger partial charge >= 0.3 is 0 Å². The zero-order valence-corrected chi connectivity index (χ0v) is 24.4. The highest BCUT2D eigenvalue weighted by atomic mass is 16.2. The first-order valence-corrected chi connectivity index (χ1v) is 13.5. The summed E-state index contributed by atoms with van der Waals surface area (Å²) in [6.07, 6.45) is 0.721. The van der Waals surface area contributed by atoms with Crippen molar-refractivity contribution in [2.24, 2.45) is 0 Å². The van der Waals surface area contributed by atoms with Crippen LogP contribution in [0.1, 0.15) is 124 Å². The second-order valence-electron chi connectivity index (χ2n) is 11.3. The molecule has 0 radical (unpaired) electrons. The van der Waals surface area contributed by atoms with Crippen LogP contribution >= 0.6 is 0 Å². The fraction of sp³-hybridized carbons (Fsp3) is 0.394. The molecule has 2 aromatic carbocycles. The molecule has 0 aliphatic carbocycles. The van der Waals surface area contributed by atoms with E-state index in [1.54, 1.807) is 7.05 Å². The largest absolute Gasteiger partial charge is 0.387 e. The first-order valence-electron chi connectivity index (χ1n) is 13.5. The third-order valence-corrected chi connectivity index (χ3v) is 7.31. The van der Waals surface area contributed by atoms with Gasteiger partial charge in [0.05, 0.1) is 45.8 Å². The minimum Gasteiger partial charge on any atom is -0.387 e. The molecular formula is C33H38N4O2. The Morgan fingerprint density at radius 1 is 0.795 bits per heavy atom. The zero-order valence-electron chi connectivity index (χ0n) is 24.4. The van der Waals surface area contributed by atoms with Crippen molar-refractivity contribution in [3.8, 4) is 12.1 Å². The minimum absolute atomic E-state index is 0.0833. The maximum Gasteiger partial charge on any atom is 0.258 e. The minimum atomic E-state index is -0.375. The van der Waals surface area contributed by atoms with E-state index in [2.05, 4.69) is 22.8 Å². The van der Waals surface area contributed by atoms with Gasteiger partial charge in [-0.25, -0.2) is 0 Å². The standard InChI is InChI=1S/C33H38N4O2/c1-17(2)23-10-21(11-24(18(3)4)27(23)14-34)31-29(16-38)30(33(39)37-31)32(36-9)22-12-25(19(5)6)28(15-35)26(13-22)20(7)8/h10-13,16-20,36H,1-9H3,(H,37,39)/b32-30+. The maximum absolute atomic E-state index is 13.5. The monoisotopic (exact) mass is 522 g/mol. The summed E-state index contributed by atoms with van der Waals surface area (Å²) >= 11 is 0. The SMILES string of the molecule is CN/C(=C1/C(=O)NC(c2cc(C(C)C)c(C#N)c(C(C)C)c2)=C1C=O)c1cc(C(C)C)c(C#N)c(C(C)C)c1. The summed E-state index contributed by atoms with van der Waals surface area (Å²) < 4.78 is 0. The number of carbonyl (C=O) groups is 2.